The van der Waals surface area contributed by atoms with Crippen LogP contribution in [0.3, 0.4) is 0 Å². The van der Waals surface area contributed by atoms with Crippen LogP contribution in [0, 0.1) is 6.92 Å². The molecule has 0 spiro atoms. The van der Waals surface area contributed by atoms with Gasteiger partial charge in [0, 0.05) is 5.56 Å². The van der Waals surface area contributed by atoms with E-state index in [0.29, 0.717) is 6.61 Å². The van der Waals surface area contributed by atoms with Gasteiger partial charge < -0.3 is 9.47 Å². The summed E-state index contributed by atoms with van der Waals surface area (Å²) in [5.41, 5.74) is 2.75. The highest BCUT2D eigenvalue weighted by molar-refractivity contribution is 5.43. The third kappa shape index (κ3) is 2.18. The summed E-state index contributed by atoms with van der Waals surface area (Å²) in [6.45, 7) is 2.40. The Hall–Kier alpha value is -2.56. The molecule has 0 amide bonds. The second-order valence-electron chi connectivity index (χ2n) is 4.42. The minimum atomic E-state index is 0.425. The first-order chi connectivity index (χ1) is 9.79. The Bertz CT molecular complexity index is 737. The molecule has 0 fully saturated rings. The van der Waals surface area contributed by atoms with Crippen LogP contribution in [-0.2, 0) is 6.61 Å². The molecule has 0 unspecified atom stereocenters. The Balaban J connectivity index is 1.85. The first-order valence-corrected chi connectivity index (χ1v) is 6.33. The number of rotatable bonds is 4. The lowest BCUT2D eigenvalue weighted by Gasteiger charge is -2.12. The van der Waals surface area contributed by atoms with Crippen molar-refractivity contribution in [2.24, 2.45) is 0 Å². The summed E-state index contributed by atoms with van der Waals surface area (Å²) in [7, 11) is 1.66. The monoisotopic (exact) mass is 269 g/mol. The van der Waals surface area contributed by atoms with E-state index in [1.54, 1.807) is 11.6 Å². The number of nitrogens with zero attached hydrogens (tertiary/aromatic N) is 3. The molecule has 0 saturated carbocycles. The van der Waals surface area contributed by atoms with E-state index >= 15 is 0 Å². The van der Waals surface area contributed by atoms with Crippen molar-refractivity contribution in [1.82, 2.24) is 14.6 Å². The van der Waals surface area contributed by atoms with Gasteiger partial charge in [0.25, 0.3) is 0 Å². The normalized spacial score (nSPS) is 10.7. The fourth-order valence-corrected chi connectivity index (χ4v) is 2.13. The van der Waals surface area contributed by atoms with Crippen LogP contribution < -0.4 is 9.47 Å². The molecule has 2 heterocycles. The number of ether oxygens (including phenoxy) is 2. The highest BCUT2D eigenvalue weighted by Crippen LogP contribution is 2.27. The molecule has 20 heavy (non-hydrogen) atoms. The molecule has 0 N–H and O–H groups in total. The van der Waals surface area contributed by atoms with Gasteiger partial charge in [0.05, 0.1) is 12.8 Å². The van der Waals surface area contributed by atoms with Crippen LogP contribution in [-0.4, -0.2) is 21.7 Å². The number of fused-ring (bicyclic) bond motifs is 1. The fraction of sp³-hybridized carbons (Fsp3) is 0.200. The number of aromatic nitrogens is 3. The minimum absolute atomic E-state index is 0.425. The summed E-state index contributed by atoms with van der Waals surface area (Å²) in [6, 6.07) is 11.6. The van der Waals surface area contributed by atoms with Gasteiger partial charge in [0.15, 0.2) is 5.65 Å². The fourth-order valence-electron chi connectivity index (χ4n) is 2.13. The average Bonchev–Trinajstić information content (AvgIpc) is 2.95. The van der Waals surface area contributed by atoms with Crippen molar-refractivity contribution in [1.29, 1.82) is 0 Å². The van der Waals surface area contributed by atoms with Crippen LogP contribution in [0.25, 0.3) is 5.65 Å². The van der Waals surface area contributed by atoms with E-state index in [-0.39, 0.29) is 0 Å². The highest BCUT2D eigenvalue weighted by atomic mass is 16.5. The van der Waals surface area contributed by atoms with Gasteiger partial charge in [-0.1, -0.05) is 12.1 Å². The zero-order chi connectivity index (χ0) is 13.9. The minimum Gasteiger partial charge on any atom is -0.496 e. The van der Waals surface area contributed by atoms with Crippen molar-refractivity contribution in [3.8, 4) is 11.5 Å². The number of hydrogen-bond donors (Lipinski definition) is 0. The van der Waals surface area contributed by atoms with E-state index in [2.05, 4.69) is 10.1 Å². The van der Waals surface area contributed by atoms with Crippen molar-refractivity contribution in [3.05, 3.63) is 54.0 Å². The van der Waals surface area contributed by atoms with Crippen LogP contribution in [0.4, 0.5) is 0 Å². The van der Waals surface area contributed by atoms with E-state index < -0.39 is 0 Å². The SMILES string of the molecule is COc1cccc(OCc2cccc3ncnn23)c1C. The Kier molecular flexibility index (Phi) is 3.25. The van der Waals surface area contributed by atoms with Gasteiger partial charge in [-0.05, 0) is 31.2 Å². The molecule has 0 saturated heterocycles. The van der Waals surface area contributed by atoms with Gasteiger partial charge in [-0.2, -0.15) is 5.10 Å². The van der Waals surface area contributed by atoms with E-state index in [4.69, 9.17) is 9.47 Å². The largest absolute Gasteiger partial charge is 0.496 e. The standard InChI is InChI=1S/C15H15N3O2/c1-11-13(19-2)6-4-7-14(11)20-9-12-5-3-8-15-16-10-17-18(12)15/h3-8,10H,9H2,1-2H3. The quantitative estimate of drug-likeness (QED) is 0.730. The first-order valence-electron chi connectivity index (χ1n) is 6.33. The molecule has 0 radical (unpaired) electrons. The third-order valence-corrected chi connectivity index (χ3v) is 3.21. The predicted molar refractivity (Wildman–Crippen MR) is 75.1 cm³/mol. The Morgan fingerprint density at radius 3 is 2.75 bits per heavy atom. The topological polar surface area (TPSA) is 48.7 Å². The smallest absolute Gasteiger partial charge is 0.155 e. The van der Waals surface area contributed by atoms with Crippen LogP contribution in [0.2, 0.25) is 0 Å². The van der Waals surface area contributed by atoms with Crippen LogP contribution in [0.1, 0.15) is 11.3 Å². The molecule has 1 aromatic carbocycles. The number of benzene rings is 1. The Morgan fingerprint density at radius 2 is 1.90 bits per heavy atom. The van der Waals surface area contributed by atoms with Gasteiger partial charge in [0.1, 0.15) is 24.4 Å². The summed E-state index contributed by atoms with van der Waals surface area (Å²) < 4.78 is 12.9. The maximum absolute atomic E-state index is 5.87. The maximum atomic E-state index is 5.87. The summed E-state index contributed by atoms with van der Waals surface area (Å²) in [6.07, 6.45) is 1.54. The zero-order valence-electron chi connectivity index (χ0n) is 11.4. The lowest BCUT2D eigenvalue weighted by molar-refractivity contribution is 0.293. The summed E-state index contributed by atoms with van der Waals surface area (Å²) in [4.78, 5) is 4.16. The zero-order valence-corrected chi connectivity index (χ0v) is 11.4. The summed E-state index contributed by atoms with van der Waals surface area (Å²) >= 11 is 0. The molecular formula is C15H15N3O2. The van der Waals surface area contributed by atoms with Gasteiger partial charge in [0.2, 0.25) is 0 Å². The molecule has 0 aliphatic rings. The molecule has 5 heteroatoms. The molecule has 3 rings (SSSR count). The third-order valence-electron chi connectivity index (χ3n) is 3.21. The van der Waals surface area contributed by atoms with Gasteiger partial charge >= 0.3 is 0 Å². The van der Waals surface area contributed by atoms with Crippen LogP contribution in [0.5, 0.6) is 11.5 Å². The number of hydrogen-bond acceptors (Lipinski definition) is 4. The lowest BCUT2D eigenvalue weighted by atomic mass is 10.2. The van der Waals surface area contributed by atoms with Gasteiger partial charge in [-0.25, -0.2) is 9.50 Å². The van der Waals surface area contributed by atoms with Crippen molar-refractivity contribution in [2.45, 2.75) is 13.5 Å². The molecule has 102 valence electrons. The van der Waals surface area contributed by atoms with Gasteiger partial charge in [-0.3, -0.25) is 0 Å². The average molecular weight is 269 g/mol. The molecule has 0 aliphatic heterocycles. The maximum Gasteiger partial charge on any atom is 0.155 e. The first kappa shape index (κ1) is 12.5. The molecule has 3 aromatic rings. The second kappa shape index (κ2) is 5.21. The second-order valence-corrected chi connectivity index (χ2v) is 4.42. The van der Waals surface area contributed by atoms with Crippen molar-refractivity contribution >= 4 is 5.65 Å². The van der Waals surface area contributed by atoms with E-state index in [1.165, 1.54) is 6.33 Å². The molecule has 0 bridgehead atoms. The van der Waals surface area contributed by atoms with Crippen molar-refractivity contribution in [2.75, 3.05) is 7.11 Å². The Morgan fingerprint density at radius 1 is 1.10 bits per heavy atom. The molecule has 5 nitrogen and oxygen atoms in total. The number of methoxy groups -OCH3 is 1. The van der Waals surface area contributed by atoms with Crippen molar-refractivity contribution in [3.63, 3.8) is 0 Å². The van der Waals surface area contributed by atoms with Crippen LogP contribution in [0.15, 0.2) is 42.7 Å². The van der Waals surface area contributed by atoms with E-state index in [9.17, 15) is 0 Å². The highest BCUT2D eigenvalue weighted by Gasteiger charge is 2.07. The lowest BCUT2D eigenvalue weighted by Crippen LogP contribution is -2.04. The summed E-state index contributed by atoms with van der Waals surface area (Å²) in [5, 5.41) is 4.19. The molecule has 0 atom stereocenters. The molecule has 2 aromatic heterocycles. The van der Waals surface area contributed by atoms with E-state index in [0.717, 1.165) is 28.4 Å². The predicted octanol–water partition coefficient (Wildman–Crippen LogP) is 2.63. The Labute approximate surface area is 116 Å². The summed E-state index contributed by atoms with van der Waals surface area (Å²) in [5.74, 6) is 1.63. The van der Waals surface area contributed by atoms with Crippen molar-refractivity contribution < 1.29 is 9.47 Å². The molecular weight excluding hydrogens is 254 g/mol. The van der Waals surface area contributed by atoms with Crippen LogP contribution >= 0.6 is 0 Å². The number of pyridine rings is 1. The van der Waals surface area contributed by atoms with Gasteiger partial charge in [-0.15, -0.1) is 0 Å². The molecule has 0 aliphatic carbocycles. The van der Waals surface area contributed by atoms with E-state index in [1.807, 2.05) is 43.3 Å².